The van der Waals surface area contributed by atoms with Gasteiger partial charge in [0.1, 0.15) is 6.54 Å². The van der Waals surface area contributed by atoms with E-state index in [4.69, 9.17) is 23.2 Å². The second kappa shape index (κ2) is 8.40. The van der Waals surface area contributed by atoms with Crippen LogP contribution < -0.4 is 9.62 Å². The number of carbonyl (C=O) groups excluding carboxylic acids is 1. The van der Waals surface area contributed by atoms with Gasteiger partial charge < -0.3 is 5.32 Å². The Morgan fingerprint density at radius 2 is 1.80 bits per heavy atom. The number of benzene rings is 2. The van der Waals surface area contributed by atoms with E-state index >= 15 is 0 Å². The molecule has 2 fully saturated rings. The summed E-state index contributed by atoms with van der Waals surface area (Å²) in [6, 6.07) is 11.3. The highest BCUT2D eigenvalue weighted by molar-refractivity contribution is 7.92. The van der Waals surface area contributed by atoms with Crippen molar-refractivity contribution in [2.45, 2.75) is 43.5 Å². The minimum Gasteiger partial charge on any atom is -0.352 e. The van der Waals surface area contributed by atoms with E-state index in [1.807, 2.05) is 6.92 Å². The van der Waals surface area contributed by atoms with Crippen molar-refractivity contribution in [3.63, 3.8) is 0 Å². The van der Waals surface area contributed by atoms with Gasteiger partial charge in [-0.3, -0.25) is 9.10 Å². The summed E-state index contributed by atoms with van der Waals surface area (Å²) in [5.41, 5.74) is 1.25. The molecule has 0 spiro atoms. The van der Waals surface area contributed by atoms with Crippen LogP contribution in [-0.2, 0) is 14.8 Å². The highest BCUT2D eigenvalue weighted by Crippen LogP contribution is 2.44. The quantitative estimate of drug-likeness (QED) is 0.664. The van der Waals surface area contributed by atoms with Crippen molar-refractivity contribution in [1.82, 2.24) is 5.32 Å². The lowest BCUT2D eigenvalue weighted by molar-refractivity contribution is -0.120. The molecule has 2 aromatic carbocycles. The van der Waals surface area contributed by atoms with Crippen molar-refractivity contribution in [2.24, 2.45) is 11.8 Å². The Labute approximate surface area is 187 Å². The summed E-state index contributed by atoms with van der Waals surface area (Å²) in [5.74, 6) is 0.878. The molecule has 30 heavy (non-hydrogen) atoms. The Hall–Kier alpha value is -1.76. The monoisotopic (exact) mass is 466 g/mol. The molecule has 0 radical (unpaired) electrons. The third-order valence-electron chi connectivity index (χ3n) is 6.17. The molecule has 0 heterocycles. The van der Waals surface area contributed by atoms with Gasteiger partial charge in [0.15, 0.2) is 0 Å². The third-order valence-corrected chi connectivity index (χ3v) is 8.70. The number of nitrogens with zero attached hydrogens (tertiary/aromatic N) is 1. The van der Waals surface area contributed by atoms with Gasteiger partial charge in [-0.1, -0.05) is 47.3 Å². The Bertz CT molecular complexity index is 1060. The van der Waals surface area contributed by atoms with Crippen molar-refractivity contribution in [2.75, 3.05) is 10.8 Å². The SMILES string of the molecule is Cc1ccc(S(=O)(=O)N(CC(=O)NC2CC3CCC2C3)c2ccc(Cl)c(Cl)c2)cc1. The number of anilines is 1. The number of hydrogen-bond acceptors (Lipinski definition) is 3. The van der Waals surface area contributed by atoms with Crippen molar-refractivity contribution >= 4 is 44.8 Å². The Balaban J connectivity index is 1.62. The van der Waals surface area contributed by atoms with Crippen LogP contribution in [0.25, 0.3) is 0 Å². The topological polar surface area (TPSA) is 66.5 Å². The van der Waals surface area contributed by atoms with E-state index in [9.17, 15) is 13.2 Å². The molecule has 3 unspecified atom stereocenters. The van der Waals surface area contributed by atoms with Gasteiger partial charge in [0.25, 0.3) is 10.0 Å². The van der Waals surface area contributed by atoms with Crippen LogP contribution in [0, 0.1) is 18.8 Å². The summed E-state index contributed by atoms with van der Waals surface area (Å²) < 4.78 is 27.9. The average molecular weight is 467 g/mol. The summed E-state index contributed by atoms with van der Waals surface area (Å²) in [5, 5.41) is 3.61. The van der Waals surface area contributed by atoms with Gasteiger partial charge in [0.05, 0.1) is 20.6 Å². The van der Waals surface area contributed by atoms with Crippen LogP contribution in [0.2, 0.25) is 10.0 Å². The van der Waals surface area contributed by atoms with Gasteiger partial charge in [-0.2, -0.15) is 0 Å². The number of rotatable bonds is 6. The molecular formula is C22H24Cl2N2O3S. The van der Waals surface area contributed by atoms with Crippen molar-refractivity contribution in [3.8, 4) is 0 Å². The Morgan fingerprint density at radius 1 is 1.07 bits per heavy atom. The molecule has 1 N–H and O–H groups in total. The van der Waals surface area contributed by atoms with Gasteiger partial charge in [-0.15, -0.1) is 0 Å². The molecule has 5 nitrogen and oxygen atoms in total. The minimum absolute atomic E-state index is 0.117. The van der Waals surface area contributed by atoms with E-state index < -0.39 is 10.0 Å². The van der Waals surface area contributed by atoms with E-state index in [0.29, 0.717) is 22.5 Å². The summed E-state index contributed by atoms with van der Waals surface area (Å²) >= 11 is 12.1. The summed E-state index contributed by atoms with van der Waals surface area (Å²) in [4.78, 5) is 13.0. The van der Waals surface area contributed by atoms with Crippen molar-refractivity contribution < 1.29 is 13.2 Å². The summed E-state index contributed by atoms with van der Waals surface area (Å²) in [7, 11) is -3.97. The first-order valence-corrected chi connectivity index (χ1v) is 12.3. The highest BCUT2D eigenvalue weighted by atomic mass is 35.5. The average Bonchev–Trinajstić information content (AvgIpc) is 3.32. The summed E-state index contributed by atoms with van der Waals surface area (Å²) in [6.07, 6.45) is 4.50. The molecular weight excluding hydrogens is 443 g/mol. The molecule has 0 saturated heterocycles. The Morgan fingerprint density at radius 3 is 2.40 bits per heavy atom. The van der Waals surface area contributed by atoms with Crippen LogP contribution in [0.5, 0.6) is 0 Å². The van der Waals surface area contributed by atoms with Gasteiger partial charge in [0, 0.05) is 6.04 Å². The zero-order valence-electron chi connectivity index (χ0n) is 16.6. The largest absolute Gasteiger partial charge is 0.352 e. The van der Waals surface area contributed by atoms with E-state index in [2.05, 4.69) is 5.32 Å². The lowest BCUT2D eigenvalue weighted by atomic mass is 9.95. The van der Waals surface area contributed by atoms with Gasteiger partial charge >= 0.3 is 0 Å². The maximum absolute atomic E-state index is 13.4. The fourth-order valence-electron chi connectivity index (χ4n) is 4.60. The summed E-state index contributed by atoms with van der Waals surface area (Å²) in [6.45, 7) is 1.57. The fraction of sp³-hybridized carbons (Fsp3) is 0.409. The van der Waals surface area contributed by atoms with Crippen LogP contribution in [0.4, 0.5) is 5.69 Å². The molecule has 0 aliphatic heterocycles. The predicted octanol–water partition coefficient (Wildman–Crippen LogP) is 4.80. The van der Waals surface area contributed by atoms with Crippen LogP contribution in [0.3, 0.4) is 0 Å². The molecule has 160 valence electrons. The van der Waals surface area contributed by atoms with Gasteiger partial charge in [0.2, 0.25) is 5.91 Å². The maximum Gasteiger partial charge on any atom is 0.264 e. The molecule has 3 atom stereocenters. The lowest BCUT2D eigenvalue weighted by Gasteiger charge is -2.27. The minimum atomic E-state index is -3.97. The van der Waals surface area contributed by atoms with Crippen LogP contribution in [0.15, 0.2) is 47.4 Å². The fourth-order valence-corrected chi connectivity index (χ4v) is 6.30. The van der Waals surface area contributed by atoms with Gasteiger partial charge in [-0.25, -0.2) is 8.42 Å². The van der Waals surface area contributed by atoms with Crippen LogP contribution in [0.1, 0.15) is 31.2 Å². The highest BCUT2D eigenvalue weighted by Gasteiger charge is 2.40. The van der Waals surface area contributed by atoms with Gasteiger partial charge in [-0.05, 0) is 68.4 Å². The number of halogens is 2. The standard InChI is InChI=1S/C22H24Cl2N2O3S/c1-14-2-7-18(8-3-14)30(28,29)26(17-6-9-19(23)20(24)12-17)13-22(27)25-21-11-15-4-5-16(21)10-15/h2-3,6-9,12,15-16,21H,4-5,10-11,13H2,1H3,(H,25,27). The zero-order chi connectivity index (χ0) is 21.5. The van der Waals surface area contributed by atoms with E-state index in [0.717, 1.165) is 29.1 Å². The first-order chi connectivity index (χ1) is 14.2. The lowest BCUT2D eigenvalue weighted by Crippen LogP contribution is -2.46. The van der Waals surface area contributed by atoms with E-state index in [-0.39, 0.29) is 28.4 Å². The molecule has 0 aromatic heterocycles. The molecule has 1 amide bonds. The van der Waals surface area contributed by atoms with Crippen LogP contribution in [-0.4, -0.2) is 26.9 Å². The second-order valence-electron chi connectivity index (χ2n) is 8.27. The third kappa shape index (κ3) is 4.32. The van der Waals surface area contributed by atoms with Crippen molar-refractivity contribution in [3.05, 3.63) is 58.1 Å². The predicted molar refractivity (Wildman–Crippen MR) is 120 cm³/mol. The molecule has 8 heteroatoms. The number of carbonyl (C=O) groups is 1. The number of amides is 1. The number of aryl methyl sites for hydroxylation is 1. The number of sulfonamides is 1. The zero-order valence-corrected chi connectivity index (χ0v) is 19.0. The number of hydrogen-bond donors (Lipinski definition) is 1. The van der Waals surface area contributed by atoms with E-state index in [1.54, 1.807) is 30.3 Å². The van der Waals surface area contributed by atoms with Crippen molar-refractivity contribution in [1.29, 1.82) is 0 Å². The Kier molecular flexibility index (Phi) is 6.02. The maximum atomic E-state index is 13.4. The molecule has 2 aliphatic rings. The molecule has 2 bridgehead atoms. The van der Waals surface area contributed by atoms with E-state index in [1.165, 1.54) is 18.6 Å². The molecule has 2 saturated carbocycles. The smallest absolute Gasteiger partial charge is 0.264 e. The molecule has 4 rings (SSSR count). The molecule has 2 aromatic rings. The first-order valence-electron chi connectivity index (χ1n) is 10.1. The number of fused-ring (bicyclic) bond motifs is 2. The number of nitrogens with one attached hydrogen (secondary N) is 1. The second-order valence-corrected chi connectivity index (χ2v) is 10.9. The normalized spacial score (nSPS) is 22.8. The van der Waals surface area contributed by atoms with Crippen LogP contribution >= 0.6 is 23.2 Å². The first kappa shape index (κ1) is 21.5. The molecule has 2 aliphatic carbocycles.